The topological polar surface area (TPSA) is 32.7 Å². The molecule has 0 unspecified atom stereocenters. The third-order valence-corrected chi connectivity index (χ3v) is 4.77. The molecule has 0 aromatic rings. The second kappa shape index (κ2) is 3.96. The number of rotatable bonds is 2. The molecule has 0 N–H and O–H groups in total. The molecule has 0 spiro atoms. The van der Waals surface area contributed by atoms with E-state index in [1.54, 1.807) is 0 Å². The predicted octanol–water partition coefficient (Wildman–Crippen LogP) is 2.04. The number of hydrogen-bond acceptors (Lipinski definition) is 4. The summed E-state index contributed by atoms with van der Waals surface area (Å²) in [5.74, 6) is 2.30. The van der Waals surface area contributed by atoms with Gasteiger partial charge >= 0.3 is 0 Å². The Morgan fingerprint density at radius 3 is 2.94 bits per heavy atom. The smallest absolute Gasteiger partial charge is 0.259 e. The highest BCUT2D eigenvalue weighted by atomic mass is 32.2. The maximum absolute atomic E-state index is 11.4. The number of fused-ring (bicyclic) bond motifs is 2. The molecule has 1 amide bonds. The Hall–Kier alpha value is -0.680. The van der Waals surface area contributed by atoms with Crippen molar-refractivity contribution in [1.29, 1.82) is 0 Å². The van der Waals surface area contributed by atoms with Gasteiger partial charge in [-0.2, -0.15) is 10.1 Å². The lowest BCUT2D eigenvalue weighted by molar-refractivity contribution is -0.124. The predicted molar refractivity (Wildman–Crippen MR) is 69.2 cm³/mol. The van der Waals surface area contributed by atoms with Crippen LogP contribution in [0.1, 0.15) is 12.8 Å². The normalized spacial score (nSPS) is 37.2. The van der Waals surface area contributed by atoms with Gasteiger partial charge in [0.05, 0.1) is 5.75 Å². The van der Waals surface area contributed by atoms with E-state index in [2.05, 4.69) is 17.3 Å². The van der Waals surface area contributed by atoms with E-state index in [9.17, 15) is 4.79 Å². The van der Waals surface area contributed by atoms with Crippen LogP contribution >= 0.6 is 24.0 Å². The van der Waals surface area contributed by atoms with Crippen molar-refractivity contribution < 1.29 is 4.79 Å². The number of allylic oxidation sites excluding steroid dienone is 2. The number of amides is 1. The molecule has 16 heavy (non-hydrogen) atoms. The fourth-order valence-electron chi connectivity index (χ4n) is 2.61. The van der Waals surface area contributed by atoms with Crippen molar-refractivity contribution in [3.63, 3.8) is 0 Å². The van der Waals surface area contributed by atoms with E-state index in [1.807, 2.05) is 6.21 Å². The van der Waals surface area contributed by atoms with Gasteiger partial charge in [0.2, 0.25) is 0 Å². The van der Waals surface area contributed by atoms with Crippen LogP contribution in [0.2, 0.25) is 0 Å². The van der Waals surface area contributed by atoms with Crippen LogP contribution in [0.5, 0.6) is 0 Å². The van der Waals surface area contributed by atoms with Crippen molar-refractivity contribution in [2.24, 2.45) is 22.9 Å². The number of hydrazone groups is 1. The molecule has 3 nitrogen and oxygen atoms in total. The summed E-state index contributed by atoms with van der Waals surface area (Å²) in [6.45, 7) is 0. The molecule has 0 aromatic carbocycles. The Morgan fingerprint density at radius 2 is 2.38 bits per heavy atom. The molecule has 3 rings (SSSR count). The van der Waals surface area contributed by atoms with Gasteiger partial charge in [-0.1, -0.05) is 36.1 Å². The van der Waals surface area contributed by atoms with Crippen LogP contribution in [0.4, 0.5) is 0 Å². The number of thioether (sulfide) groups is 1. The van der Waals surface area contributed by atoms with Crippen molar-refractivity contribution in [1.82, 2.24) is 5.01 Å². The van der Waals surface area contributed by atoms with E-state index in [0.717, 1.165) is 5.92 Å². The fourth-order valence-corrected chi connectivity index (χ4v) is 3.57. The summed E-state index contributed by atoms with van der Waals surface area (Å²) >= 11 is 6.46. The van der Waals surface area contributed by atoms with Gasteiger partial charge in [-0.05, 0) is 24.7 Å². The fraction of sp³-hybridized carbons (Fsp3) is 0.545. The molecule has 2 aliphatic carbocycles. The number of thiocarbonyl (C=S) groups is 1. The zero-order chi connectivity index (χ0) is 11.1. The molecule has 1 saturated heterocycles. The lowest BCUT2D eigenvalue weighted by Crippen LogP contribution is -2.23. The highest BCUT2D eigenvalue weighted by Gasteiger charge is 2.35. The first-order valence-corrected chi connectivity index (χ1v) is 6.85. The van der Waals surface area contributed by atoms with Gasteiger partial charge in [-0.25, -0.2) is 0 Å². The molecule has 2 bridgehead atoms. The van der Waals surface area contributed by atoms with Gasteiger partial charge in [0.25, 0.3) is 5.91 Å². The SMILES string of the molecule is O=C1CSC(=S)N1/N=C\[C@H]1C[C@H]2C=C[C@@H]1C2. The Balaban J connectivity index is 1.68. The molecule has 1 heterocycles. The minimum Gasteiger partial charge on any atom is -0.272 e. The summed E-state index contributed by atoms with van der Waals surface area (Å²) in [7, 11) is 0. The molecule has 84 valence electrons. The summed E-state index contributed by atoms with van der Waals surface area (Å²) in [5, 5.41) is 5.62. The molecular weight excluding hydrogens is 240 g/mol. The van der Waals surface area contributed by atoms with Crippen molar-refractivity contribution in [2.75, 3.05) is 5.75 Å². The highest BCUT2D eigenvalue weighted by Crippen LogP contribution is 2.42. The summed E-state index contributed by atoms with van der Waals surface area (Å²) in [6.07, 6.45) is 8.93. The van der Waals surface area contributed by atoms with Crippen molar-refractivity contribution in [3.8, 4) is 0 Å². The lowest BCUT2D eigenvalue weighted by Gasteiger charge is -2.14. The number of hydrogen-bond donors (Lipinski definition) is 0. The van der Waals surface area contributed by atoms with Crippen molar-refractivity contribution >= 4 is 40.4 Å². The van der Waals surface area contributed by atoms with Crippen LogP contribution < -0.4 is 0 Å². The van der Waals surface area contributed by atoms with Crippen LogP contribution in [0.3, 0.4) is 0 Å². The van der Waals surface area contributed by atoms with Crippen LogP contribution in [-0.4, -0.2) is 27.2 Å². The van der Waals surface area contributed by atoms with Crippen molar-refractivity contribution in [2.45, 2.75) is 12.8 Å². The zero-order valence-corrected chi connectivity index (χ0v) is 10.3. The van der Waals surface area contributed by atoms with Crippen LogP contribution in [-0.2, 0) is 4.79 Å². The van der Waals surface area contributed by atoms with Gasteiger partial charge < -0.3 is 0 Å². The van der Waals surface area contributed by atoms with E-state index in [0.29, 0.717) is 21.9 Å². The van der Waals surface area contributed by atoms with E-state index in [4.69, 9.17) is 12.2 Å². The quantitative estimate of drug-likeness (QED) is 0.428. The van der Waals surface area contributed by atoms with Gasteiger partial charge in [-0.15, -0.1) is 0 Å². The summed E-state index contributed by atoms with van der Waals surface area (Å²) < 4.78 is 0.583. The van der Waals surface area contributed by atoms with E-state index >= 15 is 0 Å². The minimum absolute atomic E-state index is 0.00458. The third-order valence-electron chi connectivity index (χ3n) is 3.43. The second-order valence-electron chi connectivity index (χ2n) is 4.47. The Bertz CT molecular complexity index is 389. The first-order valence-electron chi connectivity index (χ1n) is 5.46. The second-order valence-corrected chi connectivity index (χ2v) is 6.08. The Kier molecular flexibility index (Phi) is 2.59. The maximum Gasteiger partial charge on any atom is 0.259 e. The molecular formula is C11H12N2OS2. The molecule has 0 aromatic heterocycles. The maximum atomic E-state index is 11.4. The highest BCUT2D eigenvalue weighted by molar-refractivity contribution is 8.23. The number of carbonyl (C=O) groups is 1. The van der Waals surface area contributed by atoms with E-state index in [-0.39, 0.29) is 5.91 Å². The van der Waals surface area contributed by atoms with Crippen LogP contribution in [0.15, 0.2) is 17.3 Å². The molecule has 1 aliphatic heterocycles. The molecule has 2 fully saturated rings. The van der Waals surface area contributed by atoms with E-state index < -0.39 is 0 Å². The first kappa shape index (κ1) is 10.5. The standard InChI is InChI=1S/C11H12N2OS2/c14-10-6-16-11(15)13(10)12-5-9-4-7-1-2-8(9)3-7/h1-2,5,7-9H,3-4,6H2/b12-5-/t7-,8+,9+/m0/s1. The average Bonchev–Trinajstić information content (AvgIpc) is 2.94. The Labute approximate surface area is 104 Å². The largest absolute Gasteiger partial charge is 0.272 e. The number of carbonyl (C=O) groups excluding carboxylic acids is 1. The lowest BCUT2D eigenvalue weighted by atomic mass is 9.95. The van der Waals surface area contributed by atoms with Crippen LogP contribution in [0.25, 0.3) is 0 Å². The van der Waals surface area contributed by atoms with Gasteiger partial charge in [-0.3, -0.25) is 4.79 Å². The third kappa shape index (κ3) is 1.72. The Morgan fingerprint density at radius 1 is 1.50 bits per heavy atom. The van der Waals surface area contributed by atoms with Gasteiger partial charge in [0.15, 0.2) is 4.32 Å². The van der Waals surface area contributed by atoms with Gasteiger partial charge in [0.1, 0.15) is 0 Å². The molecule has 0 radical (unpaired) electrons. The summed E-state index contributed by atoms with van der Waals surface area (Å²) in [6, 6.07) is 0. The summed E-state index contributed by atoms with van der Waals surface area (Å²) in [4.78, 5) is 11.4. The monoisotopic (exact) mass is 252 g/mol. The molecule has 3 aliphatic rings. The van der Waals surface area contributed by atoms with E-state index in [1.165, 1.54) is 29.6 Å². The molecule has 1 saturated carbocycles. The first-order chi connectivity index (χ1) is 7.74. The average molecular weight is 252 g/mol. The minimum atomic E-state index is 0.00458. The molecule has 5 heteroatoms. The zero-order valence-electron chi connectivity index (χ0n) is 8.70. The number of nitrogens with zero attached hydrogens (tertiary/aromatic N) is 2. The van der Waals surface area contributed by atoms with Crippen LogP contribution in [0, 0.1) is 17.8 Å². The van der Waals surface area contributed by atoms with Gasteiger partial charge in [0, 0.05) is 12.1 Å². The summed E-state index contributed by atoms with van der Waals surface area (Å²) in [5.41, 5.74) is 0. The molecule has 3 atom stereocenters. The van der Waals surface area contributed by atoms with Crippen molar-refractivity contribution in [3.05, 3.63) is 12.2 Å².